The van der Waals surface area contributed by atoms with Crippen LogP contribution in [0.3, 0.4) is 0 Å². The number of carbonyl (C=O) groups is 2. The number of amides is 2. The minimum absolute atomic E-state index is 0.000969. The molecule has 2 amide bonds. The minimum atomic E-state index is -0.0828. The minimum Gasteiger partial charge on any atom is -0.326 e. The van der Waals surface area contributed by atoms with E-state index in [1.165, 1.54) is 4.90 Å². The quantitative estimate of drug-likeness (QED) is 0.757. The Hall–Kier alpha value is -0.900. The van der Waals surface area contributed by atoms with Gasteiger partial charge in [0.15, 0.2) is 0 Å². The molecule has 2 fully saturated rings. The SMILES string of the molecule is CCC(N)CN1C(=O)CC2(CCCC2)CC1=O. The van der Waals surface area contributed by atoms with Crippen LogP contribution in [0.2, 0.25) is 0 Å². The molecule has 0 aromatic carbocycles. The van der Waals surface area contributed by atoms with Gasteiger partial charge in [-0.3, -0.25) is 14.5 Å². The zero-order valence-electron chi connectivity index (χ0n) is 10.6. The maximum absolute atomic E-state index is 12.1. The Morgan fingerprint density at radius 2 is 1.76 bits per heavy atom. The van der Waals surface area contributed by atoms with Crippen molar-refractivity contribution in [2.24, 2.45) is 11.1 Å². The molecule has 1 spiro atoms. The lowest BCUT2D eigenvalue weighted by Crippen LogP contribution is -2.51. The number of imide groups is 1. The molecule has 4 heteroatoms. The van der Waals surface area contributed by atoms with Crippen LogP contribution in [0.25, 0.3) is 0 Å². The first-order valence-electron chi connectivity index (χ1n) is 6.65. The topological polar surface area (TPSA) is 63.4 Å². The molecule has 4 nitrogen and oxygen atoms in total. The van der Waals surface area contributed by atoms with Crippen molar-refractivity contribution in [2.75, 3.05) is 6.54 Å². The van der Waals surface area contributed by atoms with E-state index in [1.54, 1.807) is 0 Å². The molecule has 2 N–H and O–H groups in total. The Kier molecular flexibility index (Phi) is 3.52. The van der Waals surface area contributed by atoms with E-state index >= 15 is 0 Å². The van der Waals surface area contributed by atoms with E-state index in [2.05, 4.69) is 0 Å². The standard InChI is InChI=1S/C13H22N2O2/c1-2-10(14)9-15-11(16)7-13(8-12(15)17)5-3-4-6-13/h10H,2-9,14H2,1H3. The van der Waals surface area contributed by atoms with Crippen molar-refractivity contribution in [2.45, 2.75) is 57.9 Å². The Morgan fingerprint density at radius 3 is 2.24 bits per heavy atom. The molecular formula is C13H22N2O2. The fraction of sp³-hybridized carbons (Fsp3) is 0.846. The van der Waals surface area contributed by atoms with E-state index in [0.717, 1.165) is 32.1 Å². The largest absolute Gasteiger partial charge is 0.326 e. The lowest BCUT2D eigenvalue weighted by molar-refractivity contribution is -0.153. The first kappa shape index (κ1) is 12.6. The van der Waals surface area contributed by atoms with Gasteiger partial charge in [0.05, 0.1) is 0 Å². The predicted octanol–water partition coefficient (Wildman–Crippen LogP) is 1.43. The monoisotopic (exact) mass is 238 g/mol. The van der Waals surface area contributed by atoms with Gasteiger partial charge in [-0.2, -0.15) is 0 Å². The van der Waals surface area contributed by atoms with Crippen LogP contribution >= 0.6 is 0 Å². The van der Waals surface area contributed by atoms with Gasteiger partial charge >= 0.3 is 0 Å². The summed E-state index contributed by atoms with van der Waals surface area (Å²) in [5, 5.41) is 0. The fourth-order valence-electron chi connectivity index (χ4n) is 3.08. The zero-order chi connectivity index (χ0) is 12.5. The first-order chi connectivity index (χ1) is 8.06. The second-order valence-electron chi connectivity index (χ2n) is 5.63. The molecule has 1 saturated heterocycles. The number of likely N-dealkylation sites (tertiary alicyclic amines) is 1. The van der Waals surface area contributed by atoms with E-state index in [4.69, 9.17) is 5.73 Å². The van der Waals surface area contributed by atoms with E-state index in [9.17, 15) is 9.59 Å². The van der Waals surface area contributed by atoms with E-state index in [1.807, 2.05) is 6.92 Å². The third-order valence-corrected chi connectivity index (χ3v) is 4.26. The Labute approximate surface area is 103 Å². The van der Waals surface area contributed by atoms with Crippen molar-refractivity contribution in [1.29, 1.82) is 0 Å². The summed E-state index contributed by atoms with van der Waals surface area (Å²) < 4.78 is 0. The molecule has 1 aliphatic heterocycles. The van der Waals surface area contributed by atoms with Crippen molar-refractivity contribution in [3.8, 4) is 0 Å². The summed E-state index contributed by atoms with van der Waals surface area (Å²) >= 11 is 0. The molecule has 1 unspecified atom stereocenters. The number of hydrogen-bond acceptors (Lipinski definition) is 3. The number of carbonyl (C=O) groups excluding carboxylic acids is 2. The van der Waals surface area contributed by atoms with Crippen molar-refractivity contribution in [1.82, 2.24) is 4.90 Å². The van der Waals surface area contributed by atoms with Gasteiger partial charge in [-0.05, 0) is 24.7 Å². The van der Waals surface area contributed by atoms with Crippen LogP contribution in [0.1, 0.15) is 51.9 Å². The Bertz CT molecular complexity index is 301. The number of nitrogens with two attached hydrogens (primary N) is 1. The Balaban J connectivity index is 2.03. The van der Waals surface area contributed by atoms with Gasteiger partial charge in [-0.25, -0.2) is 0 Å². The van der Waals surface area contributed by atoms with Gasteiger partial charge < -0.3 is 5.73 Å². The highest BCUT2D eigenvalue weighted by Gasteiger charge is 2.45. The lowest BCUT2D eigenvalue weighted by atomic mass is 9.76. The van der Waals surface area contributed by atoms with E-state index in [0.29, 0.717) is 19.4 Å². The summed E-state index contributed by atoms with van der Waals surface area (Å²) in [6, 6.07) is -0.0828. The van der Waals surface area contributed by atoms with E-state index in [-0.39, 0.29) is 23.3 Å². The maximum atomic E-state index is 12.1. The summed E-state index contributed by atoms with van der Waals surface area (Å²) in [7, 11) is 0. The van der Waals surface area contributed by atoms with Crippen LogP contribution in [0, 0.1) is 5.41 Å². The molecule has 2 rings (SSSR count). The van der Waals surface area contributed by atoms with Crippen molar-refractivity contribution in [3.05, 3.63) is 0 Å². The third kappa shape index (κ3) is 2.51. The number of rotatable bonds is 3. The number of nitrogens with zero attached hydrogens (tertiary/aromatic N) is 1. The molecule has 0 aromatic rings. The van der Waals surface area contributed by atoms with Gasteiger partial charge in [0, 0.05) is 25.4 Å². The fourth-order valence-corrected chi connectivity index (χ4v) is 3.08. The van der Waals surface area contributed by atoms with Gasteiger partial charge in [-0.15, -0.1) is 0 Å². The molecule has 1 saturated carbocycles. The van der Waals surface area contributed by atoms with Crippen molar-refractivity contribution < 1.29 is 9.59 Å². The van der Waals surface area contributed by atoms with Gasteiger partial charge in [0.2, 0.25) is 11.8 Å². The van der Waals surface area contributed by atoms with Crippen LogP contribution in [-0.2, 0) is 9.59 Å². The van der Waals surface area contributed by atoms with E-state index < -0.39 is 0 Å². The molecular weight excluding hydrogens is 216 g/mol. The highest BCUT2D eigenvalue weighted by molar-refractivity contribution is 5.98. The summed E-state index contributed by atoms with van der Waals surface area (Å²) in [6.45, 7) is 2.37. The van der Waals surface area contributed by atoms with Crippen molar-refractivity contribution in [3.63, 3.8) is 0 Å². The highest BCUT2D eigenvalue weighted by Crippen LogP contribution is 2.46. The van der Waals surface area contributed by atoms with Crippen LogP contribution in [0.4, 0.5) is 0 Å². The average Bonchev–Trinajstić information content (AvgIpc) is 2.71. The summed E-state index contributed by atoms with van der Waals surface area (Å²) in [5.41, 5.74) is 5.83. The number of hydrogen-bond donors (Lipinski definition) is 1. The third-order valence-electron chi connectivity index (χ3n) is 4.26. The van der Waals surface area contributed by atoms with Crippen LogP contribution in [0.5, 0.6) is 0 Å². The summed E-state index contributed by atoms with van der Waals surface area (Å²) in [5.74, 6) is -0.0147. The van der Waals surface area contributed by atoms with Gasteiger partial charge in [0.1, 0.15) is 0 Å². The summed E-state index contributed by atoms with van der Waals surface area (Å²) in [4.78, 5) is 25.5. The average molecular weight is 238 g/mol. The number of piperidine rings is 1. The molecule has 0 radical (unpaired) electrons. The Morgan fingerprint density at radius 1 is 1.24 bits per heavy atom. The second-order valence-corrected chi connectivity index (χ2v) is 5.63. The van der Waals surface area contributed by atoms with Crippen molar-refractivity contribution >= 4 is 11.8 Å². The summed E-state index contributed by atoms with van der Waals surface area (Å²) in [6.07, 6.45) is 6.30. The first-order valence-corrected chi connectivity index (χ1v) is 6.65. The second kappa shape index (κ2) is 4.77. The smallest absolute Gasteiger partial charge is 0.229 e. The van der Waals surface area contributed by atoms with Crippen LogP contribution < -0.4 is 5.73 Å². The molecule has 17 heavy (non-hydrogen) atoms. The van der Waals surface area contributed by atoms with Gasteiger partial charge in [-0.1, -0.05) is 19.8 Å². The maximum Gasteiger partial charge on any atom is 0.229 e. The zero-order valence-corrected chi connectivity index (χ0v) is 10.6. The van der Waals surface area contributed by atoms with Crippen LogP contribution in [-0.4, -0.2) is 29.3 Å². The highest BCUT2D eigenvalue weighted by atomic mass is 16.2. The molecule has 0 bridgehead atoms. The van der Waals surface area contributed by atoms with Gasteiger partial charge in [0.25, 0.3) is 0 Å². The molecule has 1 heterocycles. The molecule has 96 valence electrons. The van der Waals surface area contributed by atoms with Crippen LogP contribution in [0.15, 0.2) is 0 Å². The predicted molar refractivity (Wildman–Crippen MR) is 65.1 cm³/mol. The molecule has 0 aromatic heterocycles. The molecule has 2 aliphatic rings. The normalized spacial score (nSPS) is 25.6. The lowest BCUT2D eigenvalue weighted by Gasteiger charge is -2.38. The molecule has 1 aliphatic carbocycles. The molecule has 1 atom stereocenters.